The van der Waals surface area contributed by atoms with Gasteiger partial charge >= 0.3 is 0 Å². The normalized spacial score (nSPS) is 13.1. The van der Waals surface area contributed by atoms with Crippen molar-refractivity contribution in [2.45, 2.75) is 26.3 Å². The number of hydrogen-bond donors (Lipinski definition) is 2. The monoisotopic (exact) mass is 267 g/mol. The van der Waals surface area contributed by atoms with Crippen molar-refractivity contribution in [3.63, 3.8) is 0 Å². The Balaban J connectivity index is 3.35. The lowest BCUT2D eigenvalue weighted by Crippen LogP contribution is -2.31. The number of anilines is 1. The second-order valence-electron chi connectivity index (χ2n) is 4.18. The van der Waals surface area contributed by atoms with Gasteiger partial charge in [-0.25, -0.2) is 4.98 Å². The summed E-state index contributed by atoms with van der Waals surface area (Å²) >= 11 is 0. The summed E-state index contributed by atoms with van der Waals surface area (Å²) in [4.78, 5) is 16.0. The molecule has 8 nitrogen and oxygen atoms in total. The molecule has 0 saturated heterocycles. The molecule has 1 rings (SSSR count). The summed E-state index contributed by atoms with van der Waals surface area (Å²) in [5, 5.41) is 22.4. The third kappa shape index (κ3) is 3.09. The molecule has 3 N–H and O–H groups in total. The van der Waals surface area contributed by atoms with Crippen LogP contribution >= 0.6 is 0 Å². The molecule has 1 atom stereocenters. The predicted octanol–water partition coefficient (Wildman–Crippen LogP) is 1.32. The maximum atomic E-state index is 10.7. The van der Waals surface area contributed by atoms with Crippen molar-refractivity contribution < 1.29 is 10.1 Å². The maximum Gasteiger partial charge on any atom is 0.288 e. The van der Waals surface area contributed by atoms with E-state index >= 15 is 0 Å². The van der Waals surface area contributed by atoms with Crippen LogP contribution in [0.4, 0.5) is 11.5 Å². The molecule has 8 heteroatoms. The van der Waals surface area contributed by atoms with Crippen molar-refractivity contribution in [3.05, 3.63) is 27.9 Å². The largest absolute Gasteiger partial charge is 0.409 e. The zero-order chi connectivity index (χ0) is 14.6. The van der Waals surface area contributed by atoms with Crippen LogP contribution < -0.4 is 10.6 Å². The first-order valence-electron chi connectivity index (χ1n) is 5.77. The lowest BCUT2D eigenvalue weighted by atomic mass is 10.1. The lowest BCUT2D eigenvalue weighted by molar-refractivity contribution is -0.385. The van der Waals surface area contributed by atoms with Crippen LogP contribution in [-0.4, -0.2) is 34.0 Å². The fourth-order valence-corrected chi connectivity index (χ4v) is 1.55. The van der Waals surface area contributed by atoms with Gasteiger partial charge in [0, 0.05) is 19.2 Å². The standard InChI is InChI=1S/C11H17N5O3/c1-4-7(2)15(3)11-9(10(12)14-17)5-8(6-13-11)16(18)19/h5-7,17H,4H2,1-3H3,(H2,12,14). The Labute approximate surface area is 110 Å². The van der Waals surface area contributed by atoms with Crippen molar-refractivity contribution in [2.75, 3.05) is 11.9 Å². The van der Waals surface area contributed by atoms with Gasteiger partial charge in [0.2, 0.25) is 0 Å². The summed E-state index contributed by atoms with van der Waals surface area (Å²) in [6.45, 7) is 3.99. The van der Waals surface area contributed by atoms with Crippen molar-refractivity contribution in [3.8, 4) is 0 Å². The topological polar surface area (TPSA) is 118 Å². The van der Waals surface area contributed by atoms with E-state index in [-0.39, 0.29) is 23.1 Å². The Kier molecular flexibility index (Phi) is 4.62. The van der Waals surface area contributed by atoms with Crippen LogP contribution in [0.25, 0.3) is 0 Å². The molecule has 0 aliphatic rings. The van der Waals surface area contributed by atoms with Gasteiger partial charge in [0.25, 0.3) is 5.69 Å². The van der Waals surface area contributed by atoms with Gasteiger partial charge in [-0.2, -0.15) is 0 Å². The molecule has 1 aromatic heterocycles. The molecule has 0 saturated carbocycles. The van der Waals surface area contributed by atoms with Gasteiger partial charge in [0.15, 0.2) is 5.84 Å². The van der Waals surface area contributed by atoms with Crippen LogP contribution in [0.1, 0.15) is 25.8 Å². The summed E-state index contributed by atoms with van der Waals surface area (Å²) in [5.41, 5.74) is 5.58. The highest BCUT2D eigenvalue weighted by atomic mass is 16.6. The summed E-state index contributed by atoms with van der Waals surface area (Å²) in [6.07, 6.45) is 2.02. The van der Waals surface area contributed by atoms with E-state index in [0.717, 1.165) is 12.6 Å². The van der Waals surface area contributed by atoms with E-state index in [1.807, 2.05) is 18.7 Å². The van der Waals surface area contributed by atoms with Crippen molar-refractivity contribution in [1.29, 1.82) is 0 Å². The maximum absolute atomic E-state index is 10.7. The van der Waals surface area contributed by atoms with Crippen molar-refractivity contribution >= 4 is 17.3 Å². The molecule has 0 fully saturated rings. The number of pyridine rings is 1. The van der Waals surface area contributed by atoms with E-state index < -0.39 is 4.92 Å². The van der Waals surface area contributed by atoms with Crippen LogP contribution in [0.15, 0.2) is 17.4 Å². The third-order valence-corrected chi connectivity index (χ3v) is 3.03. The number of oxime groups is 1. The molecule has 1 aromatic rings. The SMILES string of the molecule is CCC(C)N(C)c1ncc([N+](=O)[O-])cc1C(N)=NO. The summed E-state index contributed by atoms with van der Waals surface area (Å²) in [7, 11) is 1.80. The highest BCUT2D eigenvalue weighted by Crippen LogP contribution is 2.23. The van der Waals surface area contributed by atoms with Gasteiger partial charge < -0.3 is 15.8 Å². The van der Waals surface area contributed by atoms with Gasteiger partial charge in [-0.15, -0.1) is 0 Å². The number of rotatable bonds is 5. The zero-order valence-electron chi connectivity index (χ0n) is 11.1. The Morgan fingerprint density at radius 1 is 1.74 bits per heavy atom. The van der Waals surface area contributed by atoms with E-state index in [0.29, 0.717) is 5.82 Å². The first kappa shape index (κ1) is 14.7. The molecular formula is C11H17N5O3. The minimum absolute atomic E-state index is 0.166. The Bertz CT molecular complexity index is 503. The van der Waals surface area contributed by atoms with Crippen LogP contribution in [0.3, 0.4) is 0 Å². The number of hydrogen-bond acceptors (Lipinski definition) is 6. The van der Waals surface area contributed by atoms with E-state index in [1.165, 1.54) is 6.07 Å². The average Bonchev–Trinajstić information content (AvgIpc) is 2.43. The first-order chi connectivity index (χ1) is 8.92. The Morgan fingerprint density at radius 2 is 2.37 bits per heavy atom. The predicted molar refractivity (Wildman–Crippen MR) is 71.6 cm³/mol. The van der Waals surface area contributed by atoms with E-state index in [2.05, 4.69) is 10.1 Å². The first-order valence-corrected chi connectivity index (χ1v) is 5.77. The molecule has 0 aliphatic carbocycles. The van der Waals surface area contributed by atoms with E-state index in [4.69, 9.17) is 10.9 Å². The fraction of sp³-hybridized carbons (Fsp3) is 0.455. The van der Waals surface area contributed by atoms with Gasteiger partial charge in [0.05, 0.1) is 10.5 Å². The summed E-state index contributed by atoms with van der Waals surface area (Å²) in [6, 6.07) is 1.41. The Morgan fingerprint density at radius 3 is 2.84 bits per heavy atom. The van der Waals surface area contributed by atoms with Gasteiger partial charge in [-0.3, -0.25) is 10.1 Å². The molecule has 0 spiro atoms. The van der Waals surface area contributed by atoms with Gasteiger partial charge in [-0.1, -0.05) is 12.1 Å². The smallest absolute Gasteiger partial charge is 0.288 e. The second-order valence-corrected chi connectivity index (χ2v) is 4.18. The molecule has 0 amide bonds. The molecule has 0 aromatic carbocycles. The Hall–Kier alpha value is -2.38. The number of aromatic nitrogens is 1. The van der Waals surface area contributed by atoms with Crippen LogP contribution in [-0.2, 0) is 0 Å². The molecule has 1 heterocycles. The number of nitrogens with two attached hydrogens (primary N) is 1. The van der Waals surface area contributed by atoms with Gasteiger partial charge in [0.1, 0.15) is 12.0 Å². The number of amidine groups is 1. The van der Waals surface area contributed by atoms with Crippen molar-refractivity contribution in [2.24, 2.45) is 10.9 Å². The third-order valence-electron chi connectivity index (χ3n) is 3.03. The molecule has 0 radical (unpaired) electrons. The summed E-state index contributed by atoms with van der Waals surface area (Å²) in [5.74, 6) is 0.233. The minimum Gasteiger partial charge on any atom is -0.409 e. The number of nitro groups is 1. The lowest BCUT2D eigenvalue weighted by Gasteiger charge is -2.26. The molecule has 0 bridgehead atoms. The highest BCUT2D eigenvalue weighted by Gasteiger charge is 2.20. The highest BCUT2D eigenvalue weighted by molar-refractivity contribution is 6.01. The van der Waals surface area contributed by atoms with E-state index in [1.54, 1.807) is 7.05 Å². The summed E-state index contributed by atoms with van der Waals surface area (Å²) < 4.78 is 0. The molecule has 1 unspecified atom stereocenters. The van der Waals surface area contributed by atoms with Crippen LogP contribution in [0.5, 0.6) is 0 Å². The quantitative estimate of drug-likeness (QED) is 0.273. The van der Waals surface area contributed by atoms with Crippen molar-refractivity contribution in [1.82, 2.24) is 4.98 Å². The minimum atomic E-state index is -0.575. The molecular weight excluding hydrogens is 250 g/mol. The average molecular weight is 267 g/mol. The van der Waals surface area contributed by atoms with E-state index in [9.17, 15) is 10.1 Å². The van der Waals surface area contributed by atoms with Gasteiger partial charge in [-0.05, 0) is 13.3 Å². The fourth-order valence-electron chi connectivity index (χ4n) is 1.55. The molecule has 0 aliphatic heterocycles. The second kappa shape index (κ2) is 5.98. The van der Waals surface area contributed by atoms with Crippen LogP contribution in [0.2, 0.25) is 0 Å². The number of nitrogens with zero attached hydrogens (tertiary/aromatic N) is 4. The molecule has 19 heavy (non-hydrogen) atoms. The van der Waals surface area contributed by atoms with Crippen LogP contribution in [0, 0.1) is 10.1 Å². The zero-order valence-corrected chi connectivity index (χ0v) is 11.1. The molecule has 104 valence electrons.